The number of nitrogens with one attached hydrogen (secondary N) is 3. The summed E-state index contributed by atoms with van der Waals surface area (Å²) in [6.45, 7) is 7.02. The van der Waals surface area contributed by atoms with Crippen LogP contribution in [-0.4, -0.2) is 59.2 Å². The molecule has 0 radical (unpaired) electrons. The highest BCUT2D eigenvalue weighted by Gasteiger charge is 2.26. The van der Waals surface area contributed by atoms with Gasteiger partial charge in [0, 0.05) is 5.75 Å². The fraction of sp³-hybridized carbons (Fsp3) is 0.765. The Balaban J connectivity index is 4.61. The summed E-state index contributed by atoms with van der Waals surface area (Å²) in [5.74, 6) is -2.77. The van der Waals surface area contributed by atoms with Gasteiger partial charge in [0.2, 0.25) is 17.7 Å². The lowest BCUT2D eigenvalue weighted by Crippen LogP contribution is -2.55. The Morgan fingerprint density at radius 2 is 1.63 bits per heavy atom. The van der Waals surface area contributed by atoms with E-state index in [1.807, 2.05) is 27.7 Å². The Hall–Kier alpha value is -1.81. The summed E-state index contributed by atoms with van der Waals surface area (Å²) >= 11 is 4.04. The second kappa shape index (κ2) is 12.6. The molecule has 0 aromatic heterocycles. The van der Waals surface area contributed by atoms with Gasteiger partial charge in [0.25, 0.3) is 0 Å². The van der Waals surface area contributed by atoms with E-state index in [4.69, 9.17) is 10.8 Å². The molecule has 0 bridgehead atoms. The Kier molecular flexibility index (Phi) is 11.7. The molecule has 6 N–H and O–H groups in total. The number of aliphatic carboxylic acids is 1. The molecule has 0 aliphatic carbocycles. The van der Waals surface area contributed by atoms with Crippen LogP contribution in [-0.2, 0) is 19.2 Å². The van der Waals surface area contributed by atoms with Crippen molar-refractivity contribution in [2.45, 2.75) is 58.7 Å². The zero-order valence-corrected chi connectivity index (χ0v) is 17.2. The second-order valence-corrected chi connectivity index (χ2v) is 7.33. The fourth-order valence-corrected chi connectivity index (χ4v) is 2.46. The molecule has 9 nitrogen and oxygen atoms in total. The first-order valence-electron chi connectivity index (χ1n) is 9.00. The van der Waals surface area contributed by atoms with Crippen molar-refractivity contribution >= 4 is 36.3 Å². The van der Waals surface area contributed by atoms with Gasteiger partial charge in [-0.2, -0.15) is 12.6 Å². The molecule has 0 rings (SSSR count). The highest BCUT2D eigenvalue weighted by atomic mass is 32.1. The number of amides is 3. The second-order valence-electron chi connectivity index (χ2n) is 6.96. The molecule has 10 heteroatoms. The molecule has 156 valence electrons. The van der Waals surface area contributed by atoms with E-state index in [2.05, 4.69) is 28.6 Å². The van der Waals surface area contributed by atoms with Crippen molar-refractivity contribution in [3.63, 3.8) is 0 Å². The van der Waals surface area contributed by atoms with Crippen LogP contribution in [0.4, 0.5) is 0 Å². The van der Waals surface area contributed by atoms with Gasteiger partial charge >= 0.3 is 5.97 Å². The quantitative estimate of drug-likeness (QED) is 0.242. The van der Waals surface area contributed by atoms with Gasteiger partial charge in [-0.15, -0.1) is 0 Å². The fourth-order valence-electron chi connectivity index (χ4n) is 2.20. The van der Waals surface area contributed by atoms with E-state index >= 15 is 0 Å². The lowest BCUT2D eigenvalue weighted by molar-refractivity contribution is -0.142. The first-order chi connectivity index (χ1) is 12.5. The minimum absolute atomic E-state index is 0.0253. The van der Waals surface area contributed by atoms with Crippen molar-refractivity contribution in [3.05, 3.63) is 0 Å². The molecule has 0 aromatic rings. The first kappa shape index (κ1) is 25.2. The topological polar surface area (TPSA) is 151 Å². The maximum Gasteiger partial charge on any atom is 0.326 e. The standard InChI is InChI=1S/C17H32N4O5S/c1-5-10(4)14(18)16(24)21-12(8-27)15(23)19-7-13(22)20-11(17(25)26)6-9(2)3/h9-12,14,27H,5-8,18H2,1-4H3,(H,19,23)(H,20,22)(H,21,24)(H,25,26). The number of carbonyl (C=O) groups is 4. The van der Waals surface area contributed by atoms with Crippen molar-refractivity contribution in [1.29, 1.82) is 0 Å². The van der Waals surface area contributed by atoms with E-state index in [0.717, 1.165) is 0 Å². The number of carboxylic acid groups (broad SMARTS) is 1. The maximum atomic E-state index is 12.2. The largest absolute Gasteiger partial charge is 0.480 e. The number of carboxylic acids is 1. The summed E-state index contributed by atoms with van der Waals surface area (Å²) in [6.07, 6.45) is 0.992. The average Bonchev–Trinajstić information content (AvgIpc) is 2.61. The van der Waals surface area contributed by atoms with E-state index in [1.165, 1.54) is 0 Å². The predicted octanol–water partition coefficient (Wildman–Crippen LogP) is -0.494. The molecule has 0 saturated carbocycles. The van der Waals surface area contributed by atoms with Crippen molar-refractivity contribution in [2.75, 3.05) is 12.3 Å². The zero-order valence-electron chi connectivity index (χ0n) is 16.3. The van der Waals surface area contributed by atoms with Gasteiger partial charge in [0.1, 0.15) is 12.1 Å². The minimum atomic E-state index is -1.14. The average molecular weight is 405 g/mol. The third-order valence-electron chi connectivity index (χ3n) is 4.14. The van der Waals surface area contributed by atoms with E-state index < -0.39 is 48.4 Å². The third kappa shape index (κ3) is 9.62. The minimum Gasteiger partial charge on any atom is -0.480 e. The molecule has 0 aliphatic rings. The van der Waals surface area contributed by atoms with E-state index in [1.54, 1.807) is 0 Å². The molecule has 27 heavy (non-hydrogen) atoms. The summed E-state index contributed by atoms with van der Waals surface area (Å²) in [5.41, 5.74) is 5.83. The van der Waals surface area contributed by atoms with Gasteiger partial charge in [-0.05, 0) is 18.3 Å². The molecule has 0 spiro atoms. The molecule has 4 unspecified atom stereocenters. The molecule has 0 heterocycles. The maximum absolute atomic E-state index is 12.2. The monoisotopic (exact) mass is 404 g/mol. The van der Waals surface area contributed by atoms with Crippen molar-refractivity contribution in [2.24, 2.45) is 17.6 Å². The van der Waals surface area contributed by atoms with E-state index in [0.29, 0.717) is 6.42 Å². The summed E-state index contributed by atoms with van der Waals surface area (Å²) in [5, 5.41) is 16.4. The number of thiol groups is 1. The van der Waals surface area contributed by atoms with Crippen LogP contribution in [0.2, 0.25) is 0 Å². The van der Waals surface area contributed by atoms with Gasteiger partial charge in [-0.25, -0.2) is 4.79 Å². The number of nitrogens with two attached hydrogens (primary N) is 1. The van der Waals surface area contributed by atoms with Crippen LogP contribution in [0.5, 0.6) is 0 Å². The molecule has 0 fully saturated rings. The van der Waals surface area contributed by atoms with Crippen molar-refractivity contribution in [3.8, 4) is 0 Å². The molecular formula is C17H32N4O5S. The van der Waals surface area contributed by atoms with Crippen molar-refractivity contribution in [1.82, 2.24) is 16.0 Å². The highest BCUT2D eigenvalue weighted by molar-refractivity contribution is 7.80. The lowest BCUT2D eigenvalue weighted by Gasteiger charge is -2.22. The predicted molar refractivity (Wildman–Crippen MR) is 105 cm³/mol. The number of carbonyl (C=O) groups excluding carboxylic acids is 3. The number of hydrogen-bond acceptors (Lipinski definition) is 6. The lowest BCUT2D eigenvalue weighted by atomic mass is 9.99. The summed E-state index contributed by atoms with van der Waals surface area (Å²) in [4.78, 5) is 47.3. The zero-order chi connectivity index (χ0) is 21.1. The third-order valence-corrected chi connectivity index (χ3v) is 4.50. The normalized spacial score (nSPS) is 15.4. The van der Waals surface area contributed by atoms with Crippen LogP contribution >= 0.6 is 12.6 Å². The van der Waals surface area contributed by atoms with Crippen LogP contribution in [0, 0.1) is 11.8 Å². The molecule has 0 aliphatic heterocycles. The summed E-state index contributed by atoms with van der Waals surface area (Å²) in [6, 6.07) is -2.72. The van der Waals surface area contributed by atoms with E-state index in [-0.39, 0.29) is 24.0 Å². The molecule has 0 saturated heterocycles. The number of rotatable bonds is 12. The van der Waals surface area contributed by atoms with Crippen LogP contribution in [0.25, 0.3) is 0 Å². The van der Waals surface area contributed by atoms with Gasteiger partial charge in [0.05, 0.1) is 12.6 Å². The molecule has 3 amide bonds. The van der Waals surface area contributed by atoms with Crippen molar-refractivity contribution < 1.29 is 24.3 Å². The number of hydrogen-bond donors (Lipinski definition) is 6. The van der Waals surface area contributed by atoms with E-state index in [9.17, 15) is 19.2 Å². The first-order valence-corrected chi connectivity index (χ1v) is 9.63. The van der Waals surface area contributed by atoms with Gasteiger partial charge < -0.3 is 26.8 Å². The van der Waals surface area contributed by atoms with Gasteiger partial charge in [0.15, 0.2) is 0 Å². The SMILES string of the molecule is CCC(C)C(N)C(=O)NC(CS)C(=O)NCC(=O)NC(CC(C)C)C(=O)O. The Morgan fingerprint density at radius 1 is 1.04 bits per heavy atom. The Morgan fingerprint density at radius 3 is 2.07 bits per heavy atom. The van der Waals surface area contributed by atoms with Crippen LogP contribution in [0.3, 0.4) is 0 Å². The highest BCUT2D eigenvalue weighted by Crippen LogP contribution is 2.06. The summed E-state index contributed by atoms with van der Waals surface area (Å²) in [7, 11) is 0. The van der Waals surface area contributed by atoms with Crippen LogP contribution in [0.15, 0.2) is 0 Å². The van der Waals surface area contributed by atoms with Crippen LogP contribution in [0.1, 0.15) is 40.5 Å². The Bertz CT molecular complexity index is 529. The molecule has 0 aromatic carbocycles. The molecular weight excluding hydrogens is 372 g/mol. The van der Waals surface area contributed by atoms with Crippen LogP contribution < -0.4 is 21.7 Å². The van der Waals surface area contributed by atoms with Gasteiger partial charge in [-0.3, -0.25) is 14.4 Å². The molecule has 4 atom stereocenters. The van der Waals surface area contributed by atoms with Gasteiger partial charge in [-0.1, -0.05) is 34.1 Å². The summed E-state index contributed by atoms with van der Waals surface area (Å²) < 4.78 is 0. The smallest absolute Gasteiger partial charge is 0.326 e. The Labute approximate surface area is 165 Å².